The SMILES string of the molecule is O=C1NC(=O)C2C(c3ccc(Cl)cc31)C1C(=O)NC(=O)c3cc(Cl)ccc3C21. The molecule has 0 saturated heterocycles. The number of carbonyl (C=O) groups is 4. The molecule has 2 aliphatic heterocycles. The molecule has 0 spiro atoms. The van der Waals surface area contributed by atoms with Crippen LogP contribution in [0.25, 0.3) is 0 Å². The zero-order chi connectivity index (χ0) is 19.7. The highest BCUT2D eigenvalue weighted by Gasteiger charge is 2.61. The highest BCUT2D eigenvalue weighted by atomic mass is 35.5. The van der Waals surface area contributed by atoms with Gasteiger partial charge in [0.15, 0.2) is 0 Å². The Bertz CT molecular complexity index is 1020. The summed E-state index contributed by atoms with van der Waals surface area (Å²) in [5, 5.41) is 5.51. The van der Waals surface area contributed by atoms with Crippen LogP contribution in [0.2, 0.25) is 10.0 Å². The van der Waals surface area contributed by atoms with Crippen LogP contribution in [-0.2, 0) is 9.59 Å². The van der Waals surface area contributed by atoms with E-state index in [4.69, 9.17) is 23.2 Å². The van der Waals surface area contributed by atoms with Crippen molar-refractivity contribution < 1.29 is 19.2 Å². The predicted molar refractivity (Wildman–Crippen MR) is 100 cm³/mol. The van der Waals surface area contributed by atoms with Crippen molar-refractivity contribution in [3.63, 3.8) is 0 Å². The molecule has 0 radical (unpaired) electrons. The lowest BCUT2D eigenvalue weighted by Gasteiger charge is -2.49. The first-order chi connectivity index (χ1) is 13.4. The fraction of sp³-hybridized carbons (Fsp3) is 0.200. The lowest BCUT2D eigenvalue weighted by Crippen LogP contribution is -2.54. The Morgan fingerprint density at radius 2 is 1.00 bits per heavy atom. The van der Waals surface area contributed by atoms with Crippen molar-refractivity contribution in [2.75, 3.05) is 0 Å². The minimum Gasteiger partial charge on any atom is -0.292 e. The number of fused-ring (bicyclic) bond motifs is 8. The summed E-state index contributed by atoms with van der Waals surface area (Å²) in [6.45, 7) is 0. The maximum absolute atomic E-state index is 12.9. The van der Waals surface area contributed by atoms with Gasteiger partial charge < -0.3 is 0 Å². The van der Waals surface area contributed by atoms with Gasteiger partial charge in [-0.2, -0.15) is 0 Å². The van der Waals surface area contributed by atoms with E-state index in [0.717, 1.165) is 0 Å². The van der Waals surface area contributed by atoms with Gasteiger partial charge in [-0.25, -0.2) is 0 Å². The van der Waals surface area contributed by atoms with Gasteiger partial charge in [-0.15, -0.1) is 0 Å². The number of halogens is 2. The van der Waals surface area contributed by atoms with Crippen LogP contribution in [-0.4, -0.2) is 23.6 Å². The fourth-order valence-corrected chi connectivity index (χ4v) is 5.08. The van der Waals surface area contributed by atoms with Crippen molar-refractivity contribution in [1.82, 2.24) is 10.6 Å². The molecule has 3 aliphatic rings. The van der Waals surface area contributed by atoms with Crippen LogP contribution in [0.1, 0.15) is 43.7 Å². The number of hydrogen-bond acceptors (Lipinski definition) is 4. The van der Waals surface area contributed by atoms with Crippen LogP contribution < -0.4 is 10.6 Å². The molecule has 0 bridgehead atoms. The Kier molecular flexibility index (Phi) is 3.66. The van der Waals surface area contributed by atoms with Gasteiger partial charge in [-0.05, 0) is 35.4 Å². The molecule has 2 aromatic carbocycles. The van der Waals surface area contributed by atoms with Gasteiger partial charge in [0, 0.05) is 33.0 Å². The normalized spacial score (nSPS) is 27.8. The molecule has 2 aromatic rings. The molecule has 0 atom stereocenters. The minimum absolute atomic E-state index is 0.270. The lowest BCUT2D eigenvalue weighted by atomic mass is 9.52. The number of rotatable bonds is 0. The van der Waals surface area contributed by atoms with Gasteiger partial charge in [0.25, 0.3) is 11.8 Å². The molecule has 8 heteroatoms. The number of amides is 4. The Hall–Kier alpha value is -2.70. The van der Waals surface area contributed by atoms with Crippen LogP contribution >= 0.6 is 23.2 Å². The van der Waals surface area contributed by atoms with E-state index in [0.29, 0.717) is 21.2 Å². The highest BCUT2D eigenvalue weighted by Crippen LogP contribution is 2.60. The van der Waals surface area contributed by atoms with Crippen molar-refractivity contribution in [3.05, 3.63) is 68.7 Å². The van der Waals surface area contributed by atoms with E-state index < -0.39 is 47.3 Å². The topological polar surface area (TPSA) is 92.3 Å². The summed E-state index contributed by atoms with van der Waals surface area (Å²) in [6.07, 6.45) is 0. The second-order valence-electron chi connectivity index (χ2n) is 7.20. The number of hydrogen-bond donors (Lipinski definition) is 2. The molecule has 6 nitrogen and oxygen atoms in total. The number of imide groups is 2. The van der Waals surface area contributed by atoms with E-state index in [1.165, 1.54) is 12.1 Å². The molecule has 28 heavy (non-hydrogen) atoms. The molecule has 1 saturated carbocycles. The first kappa shape index (κ1) is 17.4. The van der Waals surface area contributed by atoms with Gasteiger partial charge in [-0.3, -0.25) is 29.8 Å². The van der Waals surface area contributed by atoms with E-state index in [1.54, 1.807) is 24.3 Å². The van der Waals surface area contributed by atoms with Crippen molar-refractivity contribution in [2.24, 2.45) is 11.8 Å². The molecular formula is C20H12Cl2N2O4. The standard InChI is InChI=1S/C20H12Cl2N2O4/c21-7-1-3-9-11(5-7)17(25)23-19(27)15-13(9)16-14(15)10-4-2-8(22)6-12(10)18(26)24-20(16)28/h1-6,13-16H,(H,23,25,27)(H,24,26,28). The third-order valence-electron chi connectivity index (χ3n) is 5.86. The molecule has 0 unspecified atom stereocenters. The highest BCUT2D eigenvalue weighted by molar-refractivity contribution is 6.31. The number of nitrogens with one attached hydrogen (secondary N) is 2. The predicted octanol–water partition coefficient (Wildman–Crippen LogP) is 2.65. The monoisotopic (exact) mass is 414 g/mol. The molecule has 2 heterocycles. The summed E-state index contributed by atoms with van der Waals surface area (Å²) in [4.78, 5) is 50.8. The number of benzene rings is 2. The maximum atomic E-state index is 12.9. The third-order valence-corrected chi connectivity index (χ3v) is 6.33. The van der Waals surface area contributed by atoms with Crippen molar-refractivity contribution >= 4 is 46.8 Å². The van der Waals surface area contributed by atoms with Crippen LogP contribution in [0.3, 0.4) is 0 Å². The Balaban J connectivity index is 1.72. The van der Waals surface area contributed by atoms with Crippen LogP contribution in [0.15, 0.2) is 36.4 Å². The van der Waals surface area contributed by atoms with Gasteiger partial charge in [-0.1, -0.05) is 35.3 Å². The molecule has 5 rings (SSSR count). The van der Waals surface area contributed by atoms with E-state index in [2.05, 4.69) is 10.6 Å². The number of carbonyl (C=O) groups excluding carboxylic acids is 4. The van der Waals surface area contributed by atoms with Crippen LogP contribution in [0.5, 0.6) is 0 Å². The molecule has 0 aromatic heterocycles. The average molecular weight is 415 g/mol. The minimum atomic E-state index is -0.659. The van der Waals surface area contributed by atoms with E-state index in [-0.39, 0.29) is 11.1 Å². The van der Waals surface area contributed by atoms with E-state index >= 15 is 0 Å². The Morgan fingerprint density at radius 3 is 1.39 bits per heavy atom. The van der Waals surface area contributed by atoms with Gasteiger partial charge in [0.05, 0.1) is 11.8 Å². The lowest BCUT2D eigenvalue weighted by molar-refractivity contribution is -0.138. The van der Waals surface area contributed by atoms with E-state index in [1.807, 2.05) is 0 Å². The average Bonchev–Trinajstić information content (AvgIpc) is 2.75. The zero-order valence-corrected chi connectivity index (χ0v) is 15.7. The van der Waals surface area contributed by atoms with Crippen molar-refractivity contribution in [3.8, 4) is 0 Å². The molecular weight excluding hydrogens is 403 g/mol. The molecule has 1 aliphatic carbocycles. The summed E-state index contributed by atoms with van der Waals surface area (Å²) in [5.74, 6) is -4.39. The van der Waals surface area contributed by atoms with Crippen LogP contribution in [0, 0.1) is 11.8 Å². The summed E-state index contributed by atoms with van der Waals surface area (Å²) in [6, 6.07) is 9.58. The Morgan fingerprint density at radius 1 is 0.607 bits per heavy atom. The second-order valence-corrected chi connectivity index (χ2v) is 8.08. The van der Waals surface area contributed by atoms with Crippen molar-refractivity contribution in [1.29, 1.82) is 0 Å². The quantitative estimate of drug-likeness (QED) is 0.648. The molecule has 1 fully saturated rings. The smallest absolute Gasteiger partial charge is 0.258 e. The summed E-state index contributed by atoms with van der Waals surface area (Å²) < 4.78 is 0. The summed E-state index contributed by atoms with van der Waals surface area (Å²) in [7, 11) is 0. The van der Waals surface area contributed by atoms with Crippen molar-refractivity contribution in [2.45, 2.75) is 11.8 Å². The second kappa shape index (κ2) is 5.90. The van der Waals surface area contributed by atoms with Gasteiger partial charge in [0.2, 0.25) is 11.8 Å². The summed E-state index contributed by atoms with van der Waals surface area (Å²) in [5.41, 5.74) is 1.70. The molecule has 4 amide bonds. The van der Waals surface area contributed by atoms with Gasteiger partial charge in [0.1, 0.15) is 0 Å². The third kappa shape index (κ3) is 2.28. The van der Waals surface area contributed by atoms with Gasteiger partial charge >= 0.3 is 0 Å². The molecule has 140 valence electrons. The largest absolute Gasteiger partial charge is 0.292 e. The van der Waals surface area contributed by atoms with E-state index in [9.17, 15) is 19.2 Å². The molecule has 2 N–H and O–H groups in total. The first-order valence-corrected chi connectivity index (χ1v) is 9.41. The first-order valence-electron chi connectivity index (χ1n) is 8.66. The Labute approximate surface area is 169 Å². The maximum Gasteiger partial charge on any atom is 0.258 e. The zero-order valence-electron chi connectivity index (χ0n) is 14.2. The van der Waals surface area contributed by atoms with Crippen LogP contribution in [0.4, 0.5) is 0 Å². The fourth-order valence-electron chi connectivity index (χ4n) is 4.73. The summed E-state index contributed by atoms with van der Waals surface area (Å²) >= 11 is 12.1.